The van der Waals surface area contributed by atoms with Crippen LogP contribution >= 0.6 is 11.8 Å². The molecule has 0 aromatic rings. The summed E-state index contributed by atoms with van der Waals surface area (Å²) in [6, 6.07) is 0. The molecular formula is C11H19NO3S. The second-order valence-corrected chi connectivity index (χ2v) is 5.76. The Hall–Kier alpha value is -0.710. The minimum absolute atomic E-state index is 0.119. The van der Waals surface area contributed by atoms with Crippen LogP contribution in [0.2, 0.25) is 0 Å². The van der Waals surface area contributed by atoms with Gasteiger partial charge in [0, 0.05) is 5.25 Å². The van der Waals surface area contributed by atoms with Crippen molar-refractivity contribution in [3.8, 4) is 0 Å². The summed E-state index contributed by atoms with van der Waals surface area (Å²) >= 11 is 1.62. The fourth-order valence-corrected chi connectivity index (χ4v) is 3.38. The second-order valence-electron chi connectivity index (χ2n) is 4.25. The van der Waals surface area contributed by atoms with Crippen LogP contribution in [0.1, 0.15) is 39.0 Å². The number of amides is 1. The summed E-state index contributed by atoms with van der Waals surface area (Å²) in [5, 5.41) is 9.14. The lowest BCUT2D eigenvalue weighted by atomic mass is 9.89. The Morgan fingerprint density at radius 2 is 1.94 bits per heavy atom. The number of carboxylic acid groups (broad SMARTS) is 1. The first kappa shape index (κ1) is 13.4. The van der Waals surface area contributed by atoms with E-state index in [4.69, 9.17) is 10.8 Å². The normalized spacial score (nSPS) is 27.3. The number of carbonyl (C=O) groups excluding carboxylic acids is 1. The predicted molar refractivity (Wildman–Crippen MR) is 64.2 cm³/mol. The Labute approximate surface area is 100.0 Å². The number of nitrogens with two attached hydrogens (primary N) is 1. The lowest BCUT2D eigenvalue weighted by Crippen LogP contribution is -2.29. The van der Waals surface area contributed by atoms with Crippen LogP contribution in [-0.4, -0.2) is 27.5 Å². The van der Waals surface area contributed by atoms with Crippen LogP contribution in [0.15, 0.2) is 0 Å². The number of hydrogen-bond donors (Lipinski definition) is 2. The zero-order valence-electron chi connectivity index (χ0n) is 9.52. The quantitative estimate of drug-likeness (QED) is 0.771. The number of aliphatic carboxylic acids is 1. The van der Waals surface area contributed by atoms with Gasteiger partial charge in [0.25, 0.3) is 0 Å². The van der Waals surface area contributed by atoms with E-state index in [9.17, 15) is 9.59 Å². The summed E-state index contributed by atoms with van der Waals surface area (Å²) in [5.74, 6) is -1.14. The van der Waals surface area contributed by atoms with Gasteiger partial charge in [-0.25, -0.2) is 0 Å². The summed E-state index contributed by atoms with van der Waals surface area (Å²) in [5.41, 5.74) is 5.29. The Morgan fingerprint density at radius 1 is 1.38 bits per heavy atom. The molecule has 0 bridgehead atoms. The van der Waals surface area contributed by atoms with Gasteiger partial charge in [-0.15, -0.1) is 11.8 Å². The third-order valence-electron chi connectivity index (χ3n) is 3.07. The first-order valence-corrected chi connectivity index (χ1v) is 6.66. The topological polar surface area (TPSA) is 80.4 Å². The molecule has 1 saturated carbocycles. The maximum Gasteiger partial charge on any atom is 0.306 e. The van der Waals surface area contributed by atoms with E-state index in [2.05, 4.69) is 0 Å². The molecule has 0 radical (unpaired) electrons. The lowest BCUT2D eigenvalue weighted by Gasteiger charge is -2.27. The Morgan fingerprint density at radius 3 is 2.31 bits per heavy atom. The van der Waals surface area contributed by atoms with Gasteiger partial charge < -0.3 is 10.8 Å². The molecule has 0 aromatic heterocycles. The molecule has 0 aromatic carbocycles. The third kappa shape index (κ3) is 3.70. The van der Waals surface area contributed by atoms with Gasteiger partial charge in [-0.2, -0.15) is 0 Å². The predicted octanol–water partition coefficient (Wildman–Crippen LogP) is 1.63. The molecule has 1 rings (SSSR count). The molecule has 4 nitrogen and oxygen atoms in total. The summed E-state index contributed by atoms with van der Waals surface area (Å²) in [7, 11) is 0. The maximum absolute atomic E-state index is 11.1. The molecule has 1 atom stereocenters. The molecule has 1 fully saturated rings. The first-order valence-electron chi connectivity index (χ1n) is 5.72. The second kappa shape index (κ2) is 6.13. The maximum atomic E-state index is 11.1. The molecule has 0 spiro atoms. The zero-order chi connectivity index (χ0) is 12.1. The van der Waals surface area contributed by atoms with Crippen LogP contribution in [-0.2, 0) is 9.59 Å². The number of thioether (sulfide) groups is 1. The van der Waals surface area contributed by atoms with Gasteiger partial charge in [-0.05, 0) is 32.1 Å². The largest absolute Gasteiger partial charge is 0.481 e. The van der Waals surface area contributed by atoms with E-state index in [1.54, 1.807) is 11.8 Å². The fourth-order valence-electron chi connectivity index (χ4n) is 2.04. The van der Waals surface area contributed by atoms with E-state index in [1.165, 1.54) is 0 Å². The van der Waals surface area contributed by atoms with Crippen molar-refractivity contribution in [1.29, 1.82) is 0 Å². The number of primary amides is 1. The van der Waals surface area contributed by atoms with Crippen LogP contribution in [0, 0.1) is 5.92 Å². The molecule has 0 heterocycles. The molecule has 92 valence electrons. The fraction of sp³-hybridized carbons (Fsp3) is 0.818. The molecule has 0 saturated heterocycles. The van der Waals surface area contributed by atoms with E-state index < -0.39 is 5.97 Å². The minimum atomic E-state index is -0.689. The van der Waals surface area contributed by atoms with Gasteiger partial charge in [0.2, 0.25) is 5.91 Å². The van der Waals surface area contributed by atoms with Crippen molar-refractivity contribution >= 4 is 23.6 Å². The monoisotopic (exact) mass is 245 g/mol. The number of carbonyl (C=O) groups is 2. The number of carboxylic acids is 1. The number of rotatable bonds is 5. The van der Waals surface area contributed by atoms with Crippen molar-refractivity contribution in [2.75, 3.05) is 0 Å². The van der Waals surface area contributed by atoms with E-state index in [0.29, 0.717) is 5.25 Å². The third-order valence-corrected chi connectivity index (χ3v) is 4.82. The smallest absolute Gasteiger partial charge is 0.306 e. The molecule has 3 N–H and O–H groups in total. The van der Waals surface area contributed by atoms with Gasteiger partial charge in [-0.3, -0.25) is 9.59 Å². The van der Waals surface area contributed by atoms with Crippen molar-refractivity contribution in [1.82, 2.24) is 0 Å². The zero-order valence-corrected chi connectivity index (χ0v) is 10.3. The Kier molecular flexibility index (Phi) is 5.12. The minimum Gasteiger partial charge on any atom is -0.481 e. The van der Waals surface area contributed by atoms with Crippen LogP contribution in [0.4, 0.5) is 0 Å². The average Bonchev–Trinajstić information content (AvgIpc) is 2.26. The van der Waals surface area contributed by atoms with Crippen molar-refractivity contribution in [2.45, 2.75) is 49.5 Å². The van der Waals surface area contributed by atoms with Crippen molar-refractivity contribution < 1.29 is 14.7 Å². The van der Waals surface area contributed by atoms with E-state index >= 15 is 0 Å². The van der Waals surface area contributed by atoms with E-state index in [-0.39, 0.29) is 17.1 Å². The van der Waals surface area contributed by atoms with Crippen LogP contribution in [0.5, 0.6) is 0 Å². The molecule has 1 unspecified atom stereocenters. The standard InChI is InChI=1S/C11H19NO3S/c1-2-9(10(12)13)16-8-5-3-7(4-6-8)11(14)15/h7-9H,2-6H2,1H3,(H2,12,13)(H,14,15). The average molecular weight is 245 g/mol. The van der Waals surface area contributed by atoms with Crippen LogP contribution < -0.4 is 5.73 Å². The molecule has 16 heavy (non-hydrogen) atoms. The molecule has 1 aliphatic rings. The SMILES string of the molecule is CCC(SC1CCC(C(=O)O)CC1)C(N)=O. The molecule has 5 heteroatoms. The van der Waals surface area contributed by atoms with Gasteiger partial charge in [0.15, 0.2) is 0 Å². The summed E-state index contributed by atoms with van der Waals surface area (Å²) in [4.78, 5) is 21.9. The summed E-state index contributed by atoms with van der Waals surface area (Å²) in [6.07, 6.45) is 3.96. The highest BCUT2D eigenvalue weighted by molar-refractivity contribution is 8.01. The molecule has 0 aliphatic heterocycles. The van der Waals surface area contributed by atoms with Crippen molar-refractivity contribution in [3.05, 3.63) is 0 Å². The van der Waals surface area contributed by atoms with Gasteiger partial charge in [0.1, 0.15) is 0 Å². The van der Waals surface area contributed by atoms with Crippen molar-refractivity contribution in [2.24, 2.45) is 11.7 Å². The molecular weight excluding hydrogens is 226 g/mol. The highest BCUT2D eigenvalue weighted by atomic mass is 32.2. The van der Waals surface area contributed by atoms with E-state index in [1.807, 2.05) is 6.92 Å². The number of hydrogen-bond acceptors (Lipinski definition) is 3. The highest BCUT2D eigenvalue weighted by Gasteiger charge is 2.28. The highest BCUT2D eigenvalue weighted by Crippen LogP contribution is 2.34. The first-order chi connectivity index (χ1) is 7.54. The van der Waals surface area contributed by atoms with Crippen molar-refractivity contribution in [3.63, 3.8) is 0 Å². The van der Waals surface area contributed by atoms with Gasteiger partial charge >= 0.3 is 5.97 Å². The Balaban J connectivity index is 2.36. The van der Waals surface area contributed by atoms with Gasteiger partial charge in [0.05, 0.1) is 11.2 Å². The van der Waals surface area contributed by atoms with Crippen LogP contribution in [0.3, 0.4) is 0 Å². The lowest BCUT2D eigenvalue weighted by molar-refractivity contribution is -0.142. The van der Waals surface area contributed by atoms with E-state index in [0.717, 1.165) is 32.1 Å². The molecule has 1 aliphatic carbocycles. The Bertz CT molecular complexity index is 262. The molecule has 1 amide bonds. The summed E-state index contributed by atoms with van der Waals surface area (Å²) < 4.78 is 0. The van der Waals surface area contributed by atoms with Gasteiger partial charge in [-0.1, -0.05) is 6.92 Å². The van der Waals surface area contributed by atoms with Crippen LogP contribution in [0.25, 0.3) is 0 Å². The summed E-state index contributed by atoms with van der Waals surface area (Å²) in [6.45, 7) is 1.95.